The summed E-state index contributed by atoms with van der Waals surface area (Å²) in [4.78, 5) is 6.53. The zero-order valence-electron chi connectivity index (χ0n) is 12.4. The molecule has 2 aliphatic heterocycles. The molecule has 1 fully saturated rings. The Morgan fingerprint density at radius 2 is 2.00 bits per heavy atom. The van der Waals surface area contributed by atoms with Gasteiger partial charge in [0, 0.05) is 19.7 Å². The first kappa shape index (κ1) is 13.7. The lowest BCUT2D eigenvalue weighted by molar-refractivity contribution is -0.172. The minimum absolute atomic E-state index is 0.139. The third-order valence-corrected chi connectivity index (χ3v) is 4.11. The monoisotopic (exact) mass is 301 g/mol. The number of benzene rings is 1. The van der Waals surface area contributed by atoms with Crippen LogP contribution in [0, 0.1) is 0 Å². The van der Waals surface area contributed by atoms with Gasteiger partial charge in [0.1, 0.15) is 6.61 Å². The van der Waals surface area contributed by atoms with Crippen LogP contribution in [0.3, 0.4) is 0 Å². The third-order valence-electron chi connectivity index (χ3n) is 4.11. The summed E-state index contributed by atoms with van der Waals surface area (Å²) in [6.45, 7) is 2.72. The van der Waals surface area contributed by atoms with Crippen molar-refractivity contribution in [1.82, 2.24) is 10.1 Å². The number of anilines is 1. The molecular formula is C16H19N3O3. The van der Waals surface area contributed by atoms with Gasteiger partial charge >= 0.3 is 0 Å². The molecule has 2 aliphatic rings. The third kappa shape index (κ3) is 2.84. The first-order valence-corrected chi connectivity index (χ1v) is 7.76. The summed E-state index contributed by atoms with van der Waals surface area (Å²) in [6.07, 6.45) is 3.05. The highest BCUT2D eigenvalue weighted by Gasteiger charge is 2.23. The summed E-state index contributed by atoms with van der Waals surface area (Å²) in [6, 6.07) is 8.39. The Kier molecular flexibility index (Phi) is 3.78. The molecule has 0 saturated carbocycles. The highest BCUT2D eigenvalue weighted by atomic mass is 16.7. The molecule has 1 aromatic heterocycles. The van der Waals surface area contributed by atoms with Crippen molar-refractivity contribution < 1.29 is 14.0 Å². The fourth-order valence-corrected chi connectivity index (χ4v) is 2.91. The fourth-order valence-electron chi connectivity index (χ4n) is 2.91. The lowest BCUT2D eigenvalue weighted by atomic mass is 10.1. The molecule has 3 heterocycles. The summed E-state index contributed by atoms with van der Waals surface area (Å²) in [5, 5.41) is 4.06. The van der Waals surface area contributed by atoms with Crippen LogP contribution >= 0.6 is 0 Å². The van der Waals surface area contributed by atoms with Crippen LogP contribution in [0.5, 0.6) is 0 Å². The van der Waals surface area contributed by atoms with E-state index < -0.39 is 0 Å². The number of fused-ring (bicyclic) bond motifs is 1. The van der Waals surface area contributed by atoms with Crippen LogP contribution in [0.1, 0.15) is 36.3 Å². The smallest absolute Gasteiger partial charge is 0.266 e. The predicted molar refractivity (Wildman–Crippen MR) is 79.0 cm³/mol. The molecule has 0 aliphatic carbocycles. The van der Waals surface area contributed by atoms with Crippen LogP contribution in [0.25, 0.3) is 0 Å². The van der Waals surface area contributed by atoms with E-state index in [4.69, 9.17) is 14.0 Å². The second-order valence-electron chi connectivity index (χ2n) is 5.72. The quantitative estimate of drug-likeness (QED) is 0.865. The van der Waals surface area contributed by atoms with Gasteiger partial charge in [0.05, 0.1) is 0 Å². The Balaban J connectivity index is 1.36. The molecule has 0 bridgehead atoms. The number of ether oxygens (including phenoxy) is 2. The average Bonchev–Trinajstić information content (AvgIpc) is 3.20. The van der Waals surface area contributed by atoms with Gasteiger partial charge in [-0.3, -0.25) is 0 Å². The van der Waals surface area contributed by atoms with Crippen molar-refractivity contribution in [3.05, 3.63) is 41.3 Å². The predicted octanol–water partition coefficient (Wildman–Crippen LogP) is 2.63. The first-order chi connectivity index (χ1) is 10.9. The molecule has 1 atom stereocenters. The lowest BCUT2D eigenvalue weighted by Gasteiger charge is -2.21. The molecule has 1 aromatic carbocycles. The molecule has 0 radical (unpaired) electrons. The van der Waals surface area contributed by atoms with Crippen LogP contribution in [0.4, 0.5) is 5.95 Å². The normalized spacial score (nSPS) is 21.1. The van der Waals surface area contributed by atoms with Crippen molar-refractivity contribution in [2.45, 2.75) is 45.2 Å². The van der Waals surface area contributed by atoms with Gasteiger partial charge in [-0.05, 0) is 35.5 Å². The Bertz CT molecular complexity index is 612. The van der Waals surface area contributed by atoms with Gasteiger partial charge in [0.25, 0.3) is 11.8 Å². The van der Waals surface area contributed by atoms with E-state index in [1.54, 1.807) is 0 Å². The molecule has 0 spiro atoms. The Morgan fingerprint density at radius 1 is 1.18 bits per heavy atom. The van der Waals surface area contributed by atoms with Crippen LogP contribution in [0.15, 0.2) is 28.8 Å². The van der Waals surface area contributed by atoms with E-state index >= 15 is 0 Å². The van der Waals surface area contributed by atoms with Gasteiger partial charge in [-0.1, -0.05) is 24.3 Å². The van der Waals surface area contributed by atoms with Gasteiger partial charge in [0.2, 0.25) is 0 Å². The van der Waals surface area contributed by atoms with E-state index in [0.29, 0.717) is 18.4 Å². The summed E-state index contributed by atoms with van der Waals surface area (Å²) >= 11 is 0. The van der Waals surface area contributed by atoms with Crippen LogP contribution in [-0.2, 0) is 29.2 Å². The maximum Gasteiger partial charge on any atom is 0.266 e. The van der Waals surface area contributed by atoms with Crippen LogP contribution in [0.2, 0.25) is 0 Å². The minimum atomic E-state index is -0.139. The van der Waals surface area contributed by atoms with E-state index in [-0.39, 0.29) is 6.29 Å². The van der Waals surface area contributed by atoms with E-state index in [9.17, 15) is 0 Å². The Labute approximate surface area is 129 Å². The van der Waals surface area contributed by atoms with Crippen LogP contribution in [-0.4, -0.2) is 23.0 Å². The van der Waals surface area contributed by atoms with Gasteiger partial charge in [-0.15, -0.1) is 0 Å². The largest absolute Gasteiger partial charge is 0.353 e. The van der Waals surface area contributed by atoms with Gasteiger partial charge in [0.15, 0.2) is 6.29 Å². The van der Waals surface area contributed by atoms with Crippen molar-refractivity contribution in [2.24, 2.45) is 0 Å². The number of aromatic nitrogens is 2. The average molecular weight is 301 g/mol. The number of nitrogens with zero attached hydrogens (tertiary/aromatic N) is 3. The zero-order valence-corrected chi connectivity index (χ0v) is 12.4. The van der Waals surface area contributed by atoms with E-state index in [2.05, 4.69) is 39.3 Å². The molecule has 116 valence electrons. The highest BCUT2D eigenvalue weighted by Crippen LogP contribution is 2.26. The zero-order chi connectivity index (χ0) is 14.8. The Hall–Kier alpha value is -1.92. The van der Waals surface area contributed by atoms with E-state index in [0.717, 1.165) is 39.0 Å². The van der Waals surface area contributed by atoms with Crippen molar-refractivity contribution in [3.63, 3.8) is 0 Å². The number of hydrogen-bond donors (Lipinski definition) is 0. The standard InChI is InChI=1S/C16H19N3O3/c1-2-6-13-10-19(9-12(13)5-1)16-17-14(22-18-16)11-21-15-7-3-4-8-20-15/h1-2,5-6,15H,3-4,7-11H2. The molecule has 1 unspecified atom stereocenters. The van der Waals surface area contributed by atoms with Crippen molar-refractivity contribution in [2.75, 3.05) is 11.5 Å². The van der Waals surface area contributed by atoms with Gasteiger partial charge in [-0.2, -0.15) is 4.98 Å². The molecular weight excluding hydrogens is 282 g/mol. The van der Waals surface area contributed by atoms with Crippen LogP contribution < -0.4 is 4.90 Å². The van der Waals surface area contributed by atoms with Gasteiger partial charge < -0.3 is 18.9 Å². The molecule has 1 saturated heterocycles. The SMILES string of the molecule is c1ccc2c(c1)CN(c1noc(COC3CCCCO3)n1)C2. The summed E-state index contributed by atoms with van der Waals surface area (Å²) in [5.74, 6) is 1.12. The number of rotatable bonds is 4. The first-order valence-electron chi connectivity index (χ1n) is 7.76. The Morgan fingerprint density at radius 3 is 2.73 bits per heavy atom. The fraction of sp³-hybridized carbons (Fsp3) is 0.500. The molecule has 2 aromatic rings. The maximum absolute atomic E-state index is 5.67. The molecule has 4 rings (SSSR count). The summed E-state index contributed by atoms with van der Waals surface area (Å²) in [5.41, 5.74) is 2.64. The van der Waals surface area contributed by atoms with E-state index in [1.165, 1.54) is 11.1 Å². The van der Waals surface area contributed by atoms with Gasteiger partial charge in [-0.25, -0.2) is 0 Å². The topological polar surface area (TPSA) is 60.6 Å². The van der Waals surface area contributed by atoms with Crippen molar-refractivity contribution in [1.29, 1.82) is 0 Å². The molecule has 6 heteroatoms. The molecule has 0 amide bonds. The summed E-state index contributed by atoms with van der Waals surface area (Å²) in [7, 11) is 0. The second kappa shape index (κ2) is 6.06. The molecule has 22 heavy (non-hydrogen) atoms. The van der Waals surface area contributed by atoms with E-state index in [1.807, 2.05) is 0 Å². The van der Waals surface area contributed by atoms with Crippen molar-refractivity contribution >= 4 is 5.95 Å². The highest BCUT2D eigenvalue weighted by molar-refractivity contribution is 5.42. The van der Waals surface area contributed by atoms with Crippen molar-refractivity contribution in [3.8, 4) is 0 Å². The summed E-state index contributed by atoms with van der Waals surface area (Å²) < 4.78 is 16.5. The maximum atomic E-state index is 5.67. The lowest BCUT2D eigenvalue weighted by Crippen LogP contribution is -2.22. The minimum Gasteiger partial charge on any atom is -0.353 e. The second-order valence-corrected chi connectivity index (χ2v) is 5.72. The molecule has 0 N–H and O–H groups in total. The molecule has 6 nitrogen and oxygen atoms in total. The number of hydrogen-bond acceptors (Lipinski definition) is 6.